The van der Waals surface area contributed by atoms with E-state index < -0.39 is 0 Å². The summed E-state index contributed by atoms with van der Waals surface area (Å²) in [5, 5.41) is 0. The van der Waals surface area contributed by atoms with Gasteiger partial charge in [-0.3, -0.25) is 9.69 Å². The third-order valence-electron chi connectivity index (χ3n) is 8.45. The number of para-hydroxylation sites is 2. The van der Waals surface area contributed by atoms with Gasteiger partial charge in [0, 0.05) is 32.7 Å². The molecule has 212 valence electrons. The van der Waals surface area contributed by atoms with E-state index in [9.17, 15) is 4.79 Å². The Balaban J connectivity index is 1.27. The predicted octanol–water partition coefficient (Wildman–Crippen LogP) is 5.99. The summed E-state index contributed by atoms with van der Waals surface area (Å²) < 4.78 is 17.5. The molecule has 0 atom stereocenters. The van der Waals surface area contributed by atoms with Crippen LogP contribution in [0.4, 0.5) is 0 Å². The van der Waals surface area contributed by atoms with E-state index in [1.807, 2.05) is 47.4 Å². The van der Waals surface area contributed by atoms with Gasteiger partial charge in [0.25, 0.3) is 5.91 Å². The Morgan fingerprint density at radius 1 is 0.850 bits per heavy atom. The van der Waals surface area contributed by atoms with E-state index in [-0.39, 0.29) is 17.9 Å². The van der Waals surface area contributed by atoms with Crippen LogP contribution in [0.2, 0.25) is 0 Å². The molecule has 40 heavy (non-hydrogen) atoms. The highest BCUT2D eigenvalue weighted by atomic mass is 16.5. The van der Waals surface area contributed by atoms with Gasteiger partial charge in [0.2, 0.25) is 0 Å². The Hall–Kier alpha value is -3.51. The molecule has 0 aliphatic carbocycles. The van der Waals surface area contributed by atoms with Crippen LogP contribution < -0.4 is 14.2 Å². The third kappa shape index (κ3) is 7.57. The minimum absolute atomic E-state index is 0.0759. The summed E-state index contributed by atoms with van der Waals surface area (Å²) in [6.45, 7) is 5.05. The van der Waals surface area contributed by atoms with Crippen molar-refractivity contribution >= 4 is 5.91 Å². The summed E-state index contributed by atoms with van der Waals surface area (Å²) in [6.07, 6.45) is 6.58. The highest BCUT2D eigenvalue weighted by molar-refractivity contribution is 5.77. The lowest BCUT2D eigenvalue weighted by Gasteiger charge is -2.45. The number of rotatable bonds is 6. The van der Waals surface area contributed by atoms with Crippen molar-refractivity contribution in [2.24, 2.45) is 5.41 Å². The van der Waals surface area contributed by atoms with Gasteiger partial charge in [-0.2, -0.15) is 0 Å². The molecule has 0 N–H and O–H groups in total. The highest BCUT2D eigenvalue weighted by Gasteiger charge is 2.37. The third-order valence-corrected chi connectivity index (χ3v) is 8.45. The number of hydrogen-bond donors (Lipinski definition) is 0. The molecule has 0 unspecified atom stereocenters. The van der Waals surface area contributed by atoms with Gasteiger partial charge in [0.1, 0.15) is 23.9 Å². The maximum atomic E-state index is 13.0. The Bertz CT molecular complexity index is 1210. The summed E-state index contributed by atoms with van der Waals surface area (Å²) in [6, 6.07) is 26.5. The van der Waals surface area contributed by atoms with Crippen LogP contribution >= 0.6 is 0 Å². The molecule has 5 rings (SSSR count). The summed E-state index contributed by atoms with van der Waals surface area (Å²) in [5.41, 5.74) is 2.76. The van der Waals surface area contributed by atoms with Crippen LogP contribution in [-0.4, -0.2) is 62.2 Å². The van der Waals surface area contributed by atoms with E-state index in [1.165, 1.54) is 24.0 Å². The average Bonchev–Trinajstić information content (AvgIpc) is 2.99. The van der Waals surface area contributed by atoms with Crippen molar-refractivity contribution in [2.75, 3.05) is 46.5 Å². The zero-order chi connectivity index (χ0) is 27.6. The molecule has 1 amide bonds. The fourth-order valence-corrected chi connectivity index (χ4v) is 6.10. The smallest absolute Gasteiger partial charge is 0.260 e. The minimum atomic E-state index is 0.0759. The normalized spacial score (nSPS) is 18.1. The monoisotopic (exact) mass is 542 g/mol. The zero-order valence-electron chi connectivity index (χ0n) is 23.7. The van der Waals surface area contributed by atoms with Gasteiger partial charge in [-0.15, -0.1) is 0 Å². The van der Waals surface area contributed by atoms with Gasteiger partial charge in [0.15, 0.2) is 6.61 Å². The van der Waals surface area contributed by atoms with Gasteiger partial charge in [-0.1, -0.05) is 55.0 Å². The molecule has 0 saturated carbocycles. The van der Waals surface area contributed by atoms with Crippen molar-refractivity contribution in [1.29, 1.82) is 0 Å². The fraction of sp³-hybridized carbons (Fsp3) is 0.441. The van der Waals surface area contributed by atoms with Crippen molar-refractivity contribution in [3.05, 3.63) is 90.0 Å². The number of likely N-dealkylation sites (tertiary alicyclic amines) is 1. The quantitative estimate of drug-likeness (QED) is 0.383. The molecular weight excluding hydrogens is 500 g/mol. The van der Waals surface area contributed by atoms with Crippen LogP contribution in [0.3, 0.4) is 0 Å². The molecule has 2 heterocycles. The van der Waals surface area contributed by atoms with Gasteiger partial charge in [0.05, 0.1) is 7.11 Å². The second-order valence-electron chi connectivity index (χ2n) is 11.2. The maximum absolute atomic E-state index is 13.0. The molecule has 2 aliphatic rings. The van der Waals surface area contributed by atoms with Gasteiger partial charge < -0.3 is 19.1 Å². The average molecular weight is 543 g/mol. The molecule has 0 aromatic heterocycles. The lowest BCUT2D eigenvalue weighted by Crippen LogP contribution is -2.49. The molecule has 2 aliphatic heterocycles. The molecule has 1 saturated heterocycles. The first-order chi connectivity index (χ1) is 19.6. The number of ether oxygens (including phenoxy) is 3. The fourth-order valence-electron chi connectivity index (χ4n) is 6.10. The van der Waals surface area contributed by atoms with Crippen molar-refractivity contribution in [3.8, 4) is 17.2 Å². The van der Waals surface area contributed by atoms with Crippen molar-refractivity contribution < 1.29 is 19.0 Å². The molecule has 1 spiro atoms. The molecule has 6 heteroatoms. The number of fused-ring (bicyclic) bond motifs is 1. The van der Waals surface area contributed by atoms with Crippen LogP contribution in [0.15, 0.2) is 78.9 Å². The lowest BCUT2D eigenvalue weighted by molar-refractivity contribution is -0.136. The van der Waals surface area contributed by atoms with Crippen LogP contribution in [-0.2, 0) is 17.8 Å². The van der Waals surface area contributed by atoms with E-state index >= 15 is 0 Å². The van der Waals surface area contributed by atoms with Crippen LogP contribution in [0.25, 0.3) is 0 Å². The minimum Gasteiger partial charge on any atom is -0.497 e. The number of nitrogens with zero attached hydrogens (tertiary/aromatic N) is 2. The van der Waals surface area contributed by atoms with E-state index in [4.69, 9.17) is 14.2 Å². The van der Waals surface area contributed by atoms with Crippen molar-refractivity contribution in [2.45, 2.75) is 45.1 Å². The van der Waals surface area contributed by atoms with Crippen molar-refractivity contribution in [3.63, 3.8) is 0 Å². The number of carbonyl (C=O) groups is 1. The lowest BCUT2D eigenvalue weighted by atomic mass is 9.73. The van der Waals surface area contributed by atoms with E-state index in [0.29, 0.717) is 6.61 Å². The molecule has 0 bridgehead atoms. The summed E-state index contributed by atoms with van der Waals surface area (Å²) in [4.78, 5) is 17.5. The second-order valence-corrected chi connectivity index (χ2v) is 11.2. The first-order valence-corrected chi connectivity index (χ1v) is 14.6. The number of hydrogen-bond acceptors (Lipinski definition) is 5. The van der Waals surface area contributed by atoms with Gasteiger partial charge in [-0.25, -0.2) is 0 Å². The standard InChI is InChI=1S/C34H42N2O4/c1-38-30-16-14-28(15-17-30)25-35-23-24-39-32-13-6-5-9-29(32)10-7-8-18-34(27-35)19-21-36(22-20-34)33(37)26-40-31-11-3-2-4-12-31/h2-6,9,11-17H,7-8,10,18-27H2,1H3. The number of aryl methyl sites for hydroxylation is 1. The summed E-state index contributed by atoms with van der Waals surface area (Å²) in [5.74, 6) is 2.71. The second kappa shape index (κ2) is 13.7. The number of benzene rings is 3. The molecule has 6 nitrogen and oxygen atoms in total. The molecule has 1 fully saturated rings. The summed E-state index contributed by atoms with van der Waals surface area (Å²) >= 11 is 0. The number of amides is 1. The number of methoxy groups -OCH3 is 1. The van der Waals surface area contributed by atoms with Crippen LogP contribution in [0.5, 0.6) is 17.2 Å². The topological polar surface area (TPSA) is 51.2 Å². The molecule has 3 aromatic carbocycles. The molecule has 3 aromatic rings. The first-order valence-electron chi connectivity index (χ1n) is 14.6. The van der Waals surface area contributed by atoms with Gasteiger partial charge >= 0.3 is 0 Å². The molecular formula is C34H42N2O4. The van der Waals surface area contributed by atoms with Crippen LogP contribution in [0, 0.1) is 5.41 Å². The maximum Gasteiger partial charge on any atom is 0.260 e. The van der Waals surface area contributed by atoms with Crippen molar-refractivity contribution in [1.82, 2.24) is 9.80 Å². The first kappa shape index (κ1) is 28.0. The zero-order valence-corrected chi connectivity index (χ0v) is 23.7. The van der Waals surface area contributed by atoms with Crippen LogP contribution in [0.1, 0.15) is 43.2 Å². The Kier molecular flexibility index (Phi) is 9.61. The molecule has 0 radical (unpaired) electrons. The van der Waals surface area contributed by atoms with E-state index in [1.54, 1.807) is 7.11 Å². The Morgan fingerprint density at radius 3 is 2.38 bits per heavy atom. The number of piperidine rings is 1. The summed E-state index contributed by atoms with van der Waals surface area (Å²) in [7, 11) is 1.70. The Labute approximate surface area is 238 Å². The van der Waals surface area contributed by atoms with Gasteiger partial charge in [-0.05, 0) is 79.0 Å². The number of carbonyl (C=O) groups excluding carboxylic acids is 1. The highest BCUT2D eigenvalue weighted by Crippen LogP contribution is 2.39. The largest absolute Gasteiger partial charge is 0.497 e. The van der Waals surface area contributed by atoms with E-state index in [2.05, 4.69) is 41.3 Å². The van der Waals surface area contributed by atoms with E-state index in [0.717, 1.165) is 75.7 Å². The predicted molar refractivity (Wildman–Crippen MR) is 158 cm³/mol. The SMILES string of the molecule is COc1ccc(CN2CCOc3ccccc3CCCCC3(CCN(C(=O)COc4ccccc4)CC3)C2)cc1. The Morgan fingerprint density at radius 2 is 1.60 bits per heavy atom.